The molecule has 2 aromatic rings. The molecule has 0 aromatic carbocycles. The molecule has 1 fully saturated rings. The fourth-order valence-corrected chi connectivity index (χ4v) is 3.41. The number of nitrogens with zero attached hydrogens (tertiary/aromatic N) is 4. The SMILES string of the molecule is Cc1c(CCC(=O)N[C@@H]2CC(Cn3cccn3)C[C@H]2O)cnn1C. The first-order chi connectivity index (χ1) is 11.5. The number of hydrogen-bond acceptors (Lipinski definition) is 4. The lowest BCUT2D eigenvalue weighted by atomic mass is 10.1. The van der Waals surface area contributed by atoms with Crippen molar-refractivity contribution in [2.45, 2.75) is 51.3 Å². The lowest BCUT2D eigenvalue weighted by Crippen LogP contribution is -2.40. The van der Waals surface area contributed by atoms with E-state index in [-0.39, 0.29) is 11.9 Å². The molecule has 24 heavy (non-hydrogen) atoms. The smallest absolute Gasteiger partial charge is 0.220 e. The van der Waals surface area contributed by atoms with E-state index in [4.69, 9.17) is 0 Å². The number of aromatic nitrogens is 4. The van der Waals surface area contributed by atoms with Crippen molar-refractivity contribution in [1.29, 1.82) is 0 Å². The molecule has 3 atom stereocenters. The van der Waals surface area contributed by atoms with Gasteiger partial charge in [-0.2, -0.15) is 10.2 Å². The highest BCUT2D eigenvalue weighted by Crippen LogP contribution is 2.27. The Morgan fingerprint density at radius 1 is 1.42 bits per heavy atom. The van der Waals surface area contributed by atoms with Gasteiger partial charge in [-0.25, -0.2) is 0 Å². The maximum absolute atomic E-state index is 12.2. The fraction of sp³-hybridized carbons (Fsp3) is 0.588. The summed E-state index contributed by atoms with van der Waals surface area (Å²) in [6.07, 6.45) is 7.59. The van der Waals surface area contributed by atoms with Crippen LogP contribution in [0.5, 0.6) is 0 Å². The first kappa shape index (κ1) is 16.7. The number of carbonyl (C=O) groups excluding carboxylic acids is 1. The Hall–Kier alpha value is -2.15. The molecule has 2 heterocycles. The second-order valence-electron chi connectivity index (χ2n) is 6.69. The predicted octanol–water partition coefficient (Wildman–Crippen LogP) is 0.814. The van der Waals surface area contributed by atoms with Gasteiger partial charge in [0, 0.05) is 38.1 Å². The van der Waals surface area contributed by atoms with E-state index in [9.17, 15) is 9.90 Å². The number of hydrogen-bond donors (Lipinski definition) is 2. The summed E-state index contributed by atoms with van der Waals surface area (Å²) in [5.74, 6) is 0.327. The Morgan fingerprint density at radius 3 is 2.92 bits per heavy atom. The second kappa shape index (κ2) is 7.17. The third-order valence-electron chi connectivity index (χ3n) is 4.94. The number of amides is 1. The summed E-state index contributed by atoms with van der Waals surface area (Å²) in [5.41, 5.74) is 2.18. The van der Waals surface area contributed by atoms with E-state index in [0.29, 0.717) is 25.2 Å². The Kier molecular flexibility index (Phi) is 4.99. The van der Waals surface area contributed by atoms with Crippen molar-refractivity contribution in [2.75, 3.05) is 0 Å². The molecule has 0 aliphatic heterocycles. The summed E-state index contributed by atoms with van der Waals surface area (Å²) in [6, 6.07) is 1.73. The normalized spacial score (nSPS) is 23.5. The van der Waals surface area contributed by atoms with Crippen LogP contribution in [0.1, 0.15) is 30.5 Å². The van der Waals surface area contributed by atoms with Crippen LogP contribution in [0.2, 0.25) is 0 Å². The van der Waals surface area contributed by atoms with Gasteiger partial charge in [-0.05, 0) is 43.7 Å². The Morgan fingerprint density at radius 2 is 2.25 bits per heavy atom. The van der Waals surface area contributed by atoms with Crippen LogP contribution >= 0.6 is 0 Å². The van der Waals surface area contributed by atoms with Crippen molar-refractivity contribution in [3.05, 3.63) is 35.9 Å². The summed E-state index contributed by atoms with van der Waals surface area (Å²) in [7, 11) is 1.90. The van der Waals surface area contributed by atoms with Gasteiger partial charge in [0.1, 0.15) is 0 Å². The lowest BCUT2D eigenvalue weighted by molar-refractivity contribution is -0.122. The molecule has 7 nitrogen and oxygen atoms in total. The van der Waals surface area contributed by atoms with Gasteiger partial charge in [0.15, 0.2) is 0 Å². The van der Waals surface area contributed by atoms with Crippen LogP contribution < -0.4 is 5.32 Å². The highest BCUT2D eigenvalue weighted by atomic mass is 16.3. The van der Waals surface area contributed by atoms with Crippen LogP contribution in [-0.2, 0) is 24.8 Å². The van der Waals surface area contributed by atoms with Crippen molar-refractivity contribution in [3.63, 3.8) is 0 Å². The molecule has 1 unspecified atom stereocenters. The molecule has 1 saturated carbocycles. The van der Waals surface area contributed by atoms with Crippen molar-refractivity contribution in [1.82, 2.24) is 24.9 Å². The topological polar surface area (TPSA) is 85.0 Å². The van der Waals surface area contributed by atoms with Gasteiger partial charge >= 0.3 is 0 Å². The van der Waals surface area contributed by atoms with E-state index in [1.807, 2.05) is 41.8 Å². The third kappa shape index (κ3) is 3.84. The summed E-state index contributed by atoms with van der Waals surface area (Å²) in [4.78, 5) is 12.2. The molecular weight excluding hydrogens is 306 g/mol. The van der Waals surface area contributed by atoms with Gasteiger partial charge in [-0.15, -0.1) is 0 Å². The molecule has 0 radical (unpaired) electrons. The average Bonchev–Trinajstić information content (AvgIpc) is 3.24. The molecule has 0 saturated heterocycles. The fourth-order valence-electron chi connectivity index (χ4n) is 3.41. The van der Waals surface area contributed by atoms with E-state index in [1.54, 1.807) is 6.20 Å². The number of aliphatic hydroxyl groups excluding tert-OH is 1. The number of rotatable bonds is 6. The first-order valence-corrected chi connectivity index (χ1v) is 8.45. The van der Waals surface area contributed by atoms with Crippen LogP contribution in [0.3, 0.4) is 0 Å². The molecule has 7 heteroatoms. The van der Waals surface area contributed by atoms with E-state index >= 15 is 0 Å². The highest BCUT2D eigenvalue weighted by molar-refractivity contribution is 5.76. The van der Waals surface area contributed by atoms with Gasteiger partial charge < -0.3 is 10.4 Å². The second-order valence-corrected chi connectivity index (χ2v) is 6.69. The van der Waals surface area contributed by atoms with Gasteiger partial charge in [0.2, 0.25) is 5.91 Å². The van der Waals surface area contributed by atoms with Crippen molar-refractivity contribution in [3.8, 4) is 0 Å². The van der Waals surface area contributed by atoms with Crippen molar-refractivity contribution in [2.24, 2.45) is 13.0 Å². The number of carbonyl (C=O) groups is 1. The predicted molar refractivity (Wildman–Crippen MR) is 89.2 cm³/mol. The summed E-state index contributed by atoms with van der Waals surface area (Å²) < 4.78 is 3.70. The molecule has 1 aliphatic rings. The summed E-state index contributed by atoms with van der Waals surface area (Å²) in [6.45, 7) is 2.78. The van der Waals surface area contributed by atoms with Gasteiger partial charge in [0.25, 0.3) is 0 Å². The first-order valence-electron chi connectivity index (χ1n) is 8.45. The largest absolute Gasteiger partial charge is 0.391 e. The minimum Gasteiger partial charge on any atom is -0.391 e. The number of aliphatic hydroxyl groups is 1. The number of aryl methyl sites for hydroxylation is 2. The zero-order valence-corrected chi connectivity index (χ0v) is 14.2. The van der Waals surface area contributed by atoms with Crippen LogP contribution in [0.15, 0.2) is 24.7 Å². The van der Waals surface area contributed by atoms with Crippen molar-refractivity contribution < 1.29 is 9.90 Å². The minimum absolute atomic E-state index is 0.0120. The molecule has 1 aliphatic carbocycles. The summed E-state index contributed by atoms with van der Waals surface area (Å²) >= 11 is 0. The molecule has 1 amide bonds. The molecule has 3 rings (SSSR count). The molecule has 2 aromatic heterocycles. The zero-order valence-electron chi connectivity index (χ0n) is 14.2. The van der Waals surface area contributed by atoms with E-state index in [2.05, 4.69) is 15.5 Å². The van der Waals surface area contributed by atoms with E-state index < -0.39 is 6.10 Å². The number of nitrogens with one attached hydrogen (secondary N) is 1. The van der Waals surface area contributed by atoms with Gasteiger partial charge in [-0.3, -0.25) is 14.2 Å². The molecular formula is C17H25N5O2. The Balaban J connectivity index is 1.46. The quantitative estimate of drug-likeness (QED) is 0.820. The monoisotopic (exact) mass is 331 g/mol. The maximum Gasteiger partial charge on any atom is 0.220 e. The van der Waals surface area contributed by atoms with Crippen LogP contribution in [-0.4, -0.2) is 42.7 Å². The standard InChI is InChI=1S/C17H25N5O2/c1-12-14(10-19-21(12)2)4-5-17(24)20-15-8-13(9-16(15)23)11-22-7-3-6-18-22/h3,6-7,10,13,15-16,23H,4-5,8-9,11H2,1-2H3,(H,20,24)/t13?,15-,16-/m1/s1. The van der Waals surface area contributed by atoms with Gasteiger partial charge in [-0.1, -0.05) is 0 Å². The lowest BCUT2D eigenvalue weighted by Gasteiger charge is -2.16. The maximum atomic E-state index is 12.2. The van der Waals surface area contributed by atoms with Gasteiger partial charge in [0.05, 0.1) is 18.3 Å². The zero-order chi connectivity index (χ0) is 17.1. The van der Waals surface area contributed by atoms with E-state index in [1.165, 1.54) is 0 Å². The van der Waals surface area contributed by atoms with Crippen molar-refractivity contribution >= 4 is 5.91 Å². The van der Waals surface area contributed by atoms with E-state index in [0.717, 1.165) is 24.2 Å². The molecule has 2 N–H and O–H groups in total. The highest BCUT2D eigenvalue weighted by Gasteiger charge is 2.34. The van der Waals surface area contributed by atoms with Crippen LogP contribution in [0, 0.1) is 12.8 Å². The third-order valence-corrected chi connectivity index (χ3v) is 4.94. The van der Waals surface area contributed by atoms with Crippen LogP contribution in [0.25, 0.3) is 0 Å². The van der Waals surface area contributed by atoms with Crippen LogP contribution in [0.4, 0.5) is 0 Å². The molecule has 130 valence electrons. The molecule has 0 bridgehead atoms. The average molecular weight is 331 g/mol. The Bertz CT molecular complexity index is 679. The molecule has 0 spiro atoms. The Labute approximate surface area is 141 Å². The summed E-state index contributed by atoms with van der Waals surface area (Å²) in [5, 5.41) is 21.6. The minimum atomic E-state index is -0.477.